The highest BCUT2D eigenvalue weighted by Crippen LogP contribution is 2.36. The highest BCUT2D eigenvalue weighted by molar-refractivity contribution is 7.92. The Hall–Kier alpha value is -3.46. The molecule has 36 heavy (non-hydrogen) atoms. The number of nitrogens with zero attached hydrogens (tertiary/aromatic N) is 3. The molecule has 1 saturated heterocycles. The molecule has 2 aliphatic rings. The van der Waals surface area contributed by atoms with Crippen molar-refractivity contribution in [1.82, 2.24) is 15.2 Å². The Labute approximate surface area is 206 Å². The fourth-order valence-corrected chi connectivity index (χ4v) is 6.29. The lowest BCUT2D eigenvalue weighted by Crippen LogP contribution is -2.45. The normalized spacial score (nSPS) is 21.9. The van der Waals surface area contributed by atoms with Gasteiger partial charge in [0.05, 0.1) is 16.2 Å². The van der Waals surface area contributed by atoms with Crippen LogP contribution < -0.4 is 5.32 Å². The molecule has 1 N–H and O–H groups in total. The third-order valence-corrected chi connectivity index (χ3v) is 8.70. The van der Waals surface area contributed by atoms with Crippen molar-refractivity contribution in [2.75, 3.05) is 6.54 Å². The van der Waals surface area contributed by atoms with Gasteiger partial charge in [0.25, 0.3) is 5.91 Å². The molecule has 1 saturated carbocycles. The van der Waals surface area contributed by atoms with Crippen LogP contribution in [-0.4, -0.2) is 48.0 Å². The number of aromatic nitrogens is 1. The van der Waals surface area contributed by atoms with E-state index in [1.165, 1.54) is 35.2 Å². The molecule has 190 valence electrons. The number of pyridine rings is 1. The van der Waals surface area contributed by atoms with E-state index >= 15 is 0 Å². The van der Waals surface area contributed by atoms with Crippen LogP contribution in [0, 0.1) is 17.2 Å². The van der Waals surface area contributed by atoms with E-state index < -0.39 is 44.8 Å². The molecule has 2 aromatic rings. The number of halogens is 3. The molecular weight excluding hydrogens is 497 g/mol. The molecule has 12 heteroatoms. The number of nitrogens with one attached hydrogen (secondary N) is 1. The van der Waals surface area contributed by atoms with E-state index in [1.54, 1.807) is 0 Å². The number of likely N-dealkylation sites (tertiary alicyclic amines) is 1. The van der Waals surface area contributed by atoms with Crippen LogP contribution in [0.3, 0.4) is 0 Å². The number of sulfone groups is 1. The minimum absolute atomic E-state index is 0.00439. The van der Waals surface area contributed by atoms with Gasteiger partial charge in [-0.05, 0) is 55.5 Å². The minimum atomic E-state index is -4.56. The molecule has 2 heterocycles. The first kappa shape index (κ1) is 25.6. The number of carbonyl (C=O) groups excluding carboxylic acids is 2. The van der Waals surface area contributed by atoms with Crippen molar-refractivity contribution >= 4 is 21.7 Å². The summed E-state index contributed by atoms with van der Waals surface area (Å²) in [5, 5.41) is 10.9. The second-order valence-corrected chi connectivity index (χ2v) is 11.1. The van der Waals surface area contributed by atoms with Crippen LogP contribution in [0.15, 0.2) is 47.5 Å². The van der Waals surface area contributed by atoms with Gasteiger partial charge >= 0.3 is 6.18 Å². The van der Waals surface area contributed by atoms with Gasteiger partial charge in [-0.3, -0.25) is 14.6 Å². The molecule has 8 nitrogen and oxygen atoms in total. The van der Waals surface area contributed by atoms with E-state index in [0.717, 1.165) is 12.3 Å². The number of nitriles is 1. The zero-order valence-corrected chi connectivity index (χ0v) is 19.8. The van der Waals surface area contributed by atoms with Crippen LogP contribution in [0.2, 0.25) is 0 Å². The zero-order chi connectivity index (χ0) is 26.1. The third-order valence-electron chi connectivity index (χ3n) is 6.52. The van der Waals surface area contributed by atoms with E-state index in [1.807, 2.05) is 0 Å². The third kappa shape index (κ3) is 5.21. The molecule has 1 aromatic carbocycles. The molecule has 1 aliphatic heterocycles. The summed E-state index contributed by atoms with van der Waals surface area (Å²) in [5.74, 6) is -1.22. The second kappa shape index (κ2) is 9.89. The Balaban J connectivity index is 1.42. The smallest absolute Gasteiger partial charge is 0.350 e. The monoisotopic (exact) mass is 520 g/mol. The van der Waals surface area contributed by atoms with Gasteiger partial charge in [0, 0.05) is 30.8 Å². The van der Waals surface area contributed by atoms with Crippen LogP contribution in [0.4, 0.5) is 13.2 Å². The maximum absolute atomic E-state index is 13.2. The van der Waals surface area contributed by atoms with Gasteiger partial charge in [-0.2, -0.15) is 18.4 Å². The summed E-state index contributed by atoms with van der Waals surface area (Å²) in [6, 6.07) is 9.00. The second-order valence-electron chi connectivity index (χ2n) is 8.92. The predicted molar refractivity (Wildman–Crippen MR) is 121 cm³/mol. The van der Waals surface area contributed by atoms with Gasteiger partial charge in [0.2, 0.25) is 5.91 Å². The summed E-state index contributed by atoms with van der Waals surface area (Å²) in [4.78, 5) is 30.7. The Kier molecular flexibility index (Phi) is 7.04. The van der Waals surface area contributed by atoms with Crippen molar-refractivity contribution in [2.24, 2.45) is 5.92 Å². The molecular formula is C24H23F3N4O4S. The predicted octanol–water partition coefficient (Wildman–Crippen LogP) is 3.10. The summed E-state index contributed by atoms with van der Waals surface area (Å²) >= 11 is 0. The Morgan fingerprint density at radius 2 is 1.94 bits per heavy atom. The summed E-state index contributed by atoms with van der Waals surface area (Å²) in [6.07, 6.45) is -2.02. The number of hydrogen-bond acceptors (Lipinski definition) is 6. The van der Waals surface area contributed by atoms with Gasteiger partial charge in [-0.1, -0.05) is 12.1 Å². The lowest BCUT2D eigenvalue weighted by molar-refractivity contribution is -0.141. The minimum Gasteiger partial charge on any atom is -0.350 e. The number of rotatable bonds is 6. The first-order chi connectivity index (χ1) is 17.0. The van der Waals surface area contributed by atoms with Gasteiger partial charge < -0.3 is 10.2 Å². The Morgan fingerprint density at radius 1 is 1.19 bits per heavy atom. The van der Waals surface area contributed by atoms with E-state index in [-0.39, 0.29) is 35.8 Å². The lowest BCUT2D eigenvalue weighted by atomic mass is 9.86. The highest BCUT2D eigenvalue weighted by Gasteiger charge is 2.40. The molecule has 1 atom stereocenters. The van der Waals surface area contributed by atoms with Gasteiger partial charge in [0.15, 0.2) is 9.84 Å². The van der Waals surface area contributed by atoms with E-state index in [0.29, 0.717) is 24.9 Å². The number of benzene rings is 1. The maximum Gasteiger partial charge on any atom is 0.433 e. The average Bonchev–Trinajstić information content (AvgIpc) is 3.31. The van der Waals surface area contributed by atoms with Crippen molar-refractivity contribution in [2.45, 2.75) is 54.6 Å². The van der Waals surface area contributed by atoms with Crippen molar-refractivity contribution < 1.29 is 31.2 Å². The van der Waals surface area contributed by atoms with Crippen molar-refractivity contribution in [3.05, 3.63) is 59.4 Å². The van der Waals surface area contributed by atoms with E-state index in [9.17, 15) is 31.2 Å². The van der Waals surface area contributed by atoms with Crippen LogP contribution in [0.1, 0.15) is 47.3 Å². The molecule has 2 amide bonds. The fourth-order valence-electron chi connectivity index (χ4n) is 4.37. The van der Waals surface area contributed by atoms with Crippen molar-refractivity contribution in [3.63, 3.8) is 0 Å². The topological polar surface area (TPSA) is 120 Å². The van der Waals surface area contributed by atoms with Crippen LogP contribution >= 0.6 is 0 Å². The summed E-state index contributed by atoms with van der Waals surface area (Å²) in [7, 11) is -3.68. The molecule has 0 radical (unpaired) electrons. The maximum atomic E-state index is 13.2. The molecule has 1 aromatic heterocycles. The zero-order valence-electron chi connectivity index (χ0n) is 19.0. The summed E-state index contributed by atoms with van der Waals surface area (Å²) in [6.45, 7) is 0.253. The number of hydrogen-bond donors (Lipinski definition) is 1. The van der Waals surface area contributed by atoms with Crippen LogP contribution in [0.5, 0.6) is 0 Å². The fraction of sp³-hybridized carbons (Fsp3) is 0.417. The van der Waals surface area contributed by atoms with Crippen LogP contribution in [0.25, 0.3) is 0 Å². The average molecular weight is 521 g/mol. The lowest BCUT2D eigenvalue weighted by Gasteiger charge is -2.30. The molecule has 0 unspecified atom stereocenters. The molecule has 4 rings (SSSR count). The number of alkyl halides is 3. The number of carbonyl (C=O) groups is 2. The number of amides is 2. The SMILES string of the molecule is N#C[C@H]1C[C@@H](S(=O)(=O)c2cccc(C(=O)N3CCC[C@@H]3C(=O)NCc3ccc(C(F)(F)F)nc3)c2)C1. The van der Waals surface area contributed by atoms with E-state index in [2.05, 4.69) is 16.4 Å². The molecule has 2 fully saturated rings. The Morgan fingerprint density at radius 3 is 2.58 bits per heavy atom. The van der Waals surface area contributed by atoms with Gasteiger partial charge in [0.1, 0.15) is 11.7 Å². The first-order valence-corrected chi connectivity index (χ1v) is 12.9. The standard InChI is InChI=1S/C24H23F3N4O4S/c25-24(26,27)21-7-6-15(13-29-21)14-30-22(32)20-5-2-8-31(20)23(33)17-3-1-4-18(11-17)36(34,35)19-9-16(10-19)12-28/h1,3-4,6-7,11,13,16,19-20H,2,5,8-10,14H2,(H,30,32)/t16-,19+,20-/m1/s1. The molecule has 0 spiro atoms. The van der Waals surface area contributed by atoms with E-state index in [4.69, 9.17) is 5.26 Å². The molecule has 0 bridgehead atoms. The summed E-state index contributed by atoms with van der Waals surface area (Å²) in [5.41, 5.74) is -0.518. The van der Waals surface area contributed by atoms with Gasteiger partial charge in [-0.25, -0.2) is 8.42 Å². The molecule has 1 aliphatic carbocycles. The first-order valence-electron chi connectivity index (χ1n) is 11.3. The van der Waals surface area contributed by atoms with Gasteiger partial charge in [-0.15, -0.1) is 0 Å². The Bertz CT molecular complexity index is 1300. The quantitative estimate of drug-likeness (QED) is 0.625. The van der Waals surface area contributed by atoms with Crippen molar-refractivity contribution in [1.29, 1.82) is 5.26 Å². The van der Waals surface area contributed by atoms with Crippen molar-refractivity contribution in [3.8, 4) is 6.07 Å². The summed E-state index contributed by atoms with van der Waals surface area (Å²) < 4.78 is 63.7. The largest absolute Gasteiger partial charge is 0.433 e. The van der Waals surface area contributed by atoms with Crippen LogP contribution in [-0.2, 0) is 27.4 Å². The highest BCUT2D eigenvalue weighted by atomic mass is 32.2.